The van der Waals surface area contributed by atoms with Gasteiger partial charge >= 0.3 is 0 Å². The van der Waals surface area contributed by atoms with Gasteiger partial charge in [0, 0.05) is 26.7 Å². The van der Waals surface area contributed by atoms with Crippen molar-refractivity contribution in [1.29, 1.82) is 0 Å². The first-order chi connectivity index (χ1) is 11.6. The molecule has 2 saturated heterocycles. The van der Waals surface area contributed by atoms with Gasteiger partial charge in [-0.15, -0.1) is 0 Å². The fourth-order valence-electron chi connectivity index (χ4n) is 3.28. The summed E-state index contributed by atoms with van der Waals surface area (Å²) in [6.07, 6.45) is -0.0283. The van der Waals surface area contributed by atoms with E-state index in [4.69, 9.17) is 9.47 Å². The van der Waals surface area contributed by atoms with Gasteiger partial charge in [-0.3, -0.25) is 9.59 Å². The molecular formula is C17H21FN2O4. The highest BCUT2D eigenvalue weighted by atomic mass is 19.1. The zero-order valence-corrected chi connectivity index (χ0v) is 13.6. The fraction of sp³-hybridized carbons (Fsp3) is 0.529. The molecule has 1 aromatic rings. The van der Waals surface area contributed by atoms with E-state index < -0.39 is 0 Å². The minimum Gasteiger partial charge on any atom is -0.383 e. The molecule has 3 rings (SSSR count). The molecule has 2 atom stereocenters. The molecule has 2 heterocycles. The van der Waals surface area contributed by atoms with E-state index in [-0.39, 0.29) is 42.8 Å². The van der Waals surface area contributed by atoms with Crippen LogP contribution in [0.1, 0.15) is 5.56 Å². The SMILES string of the molecule is COCCN1C(=O)CO[C@@H]2CN(C(=O)Cc3cccc(F)c3)C[C@H]21. The Bertz CT molecular complexity index is 624. The Hall–Kier alpha value is -1.99. The Kier molecular flexibility index (Phi) is 5.11. The molecule has 24 heavy (non-hydrogen) atoms. The molecule has 1 aromatic carbocycles. The number of hydrogen-bond acceptors (Lipinski definition) is 4. The highest BCUT2D eigenvalue weighted by molar-refractivity contribution is 5.81. The third-order valence-electron chi connectivity index (χ3n) is 4.51. The van der Waals surface area contributed by atoms with Crippen LogP contribution in [-0.4, -0.2) is 73.7 Å². The lowest BCUT2D eigenvalue weighted by Gasteiger charge is -2.36. The predicted octanol–water partition coefficient (Wildman–Crippen LogP) is 0.453. The van der Waals surface area contributed by atoms with Crippen LogP contribution in [0.3, 0.4) is 0 Å². The van der Waals surface area contributed by atoms with Crippen molar-refractivity contribution in [2.45, 2.75) is 18.6 Å². The molecule has 0 spiro atoms. The molecule has 7 heteroatoms. The van der Waals surface area contributed by atoms with Gasteiger partial charge in [-0.25, -0.2) is 4.39 Å². The van der Waals surface area contributed by atoms with Gasteiger partial charge in [0.1, 0.15) is 12.4 Å². The topological polar surface area (TPSA) is 59.1 Å². The molecule has 0 aromatic heterocycles. The number of halogens is 1. The summed E-state index contributed by atoms with van der Waals surface area (Å²) >= 11 is 0. The molecule has 0 bridgehead atoms. The van der Waals surface area contributed by atoms with Crippen LogP contribution in [0.15, 0.2) is 24.3 Å². The van der Waals surface area contributed by atoms with Crippen molar-refractivity contribution in [2.75, 3.05) is 40.0 Å². The molecular weight excluding hydrogens is 315 g/mol. The minimum absolute atomic E-state index is 0.0385. The monoisotopic (exact) mass is 336 g/mol. The Balaban J connectivity index is 1.64. The van der Waals surface area contributed by atoms with E-state index in [1.807, 2.05) is 0 Å². The average molecular weight is 336 g/mol. The number of ether oxygens (including phenoxy) is 2. The maximum absolute atomic E-state index is 13.2. The number of methoxy groups -OCH3 is 1. The van der Waals surface area contributed by atoms with Crippen molar-refractivity contribution in [3.05, 3.63) is 35.6 Å². The second-order valence-electron chi connectivity index (χ2n) is 6.10. The number of amides is 2. The molecule has 2 aliphatic rings. The van der Waals surface area contributed by atoms with Crippen molar-refractivity contribution in [3.63, 3.8) is 0 Å². The standard InChI is InChI=1S/C17H21FN2O4/c1-23-6-5-20-14-9-19(10-15(14)24-11-17(20)22)16(21)8-12-3-2-4-13(18)7-12/h2-4,7,14-15H,5-6,8-11H2,1H3/t14-,15-/m1/s1. The predicted molar refractivity (Wildman–Crippen MR) is 83.8 cm³/mol. The van der Waals surface area contributed by atoms with Gasteiger partial charge in [0.15, 0.2) is 0 Å². The summed E-state index contributed by atoms with van der Waals surface area (Å²) in [6, 6.07) is 5.90. The summed E-state index contributed by atoms with van der Waals surface area (Å²) in [5, 5.41) is 0. The number of hydrogen-bond donors (Lipinski definition) is 0. The van der Waals surface area contributed by atoms with Gasteiger partial charge in [-0.05, 0) is 17.7 Å². The number of carbonyl (C=O) groups is 2. The van der Waals surface area contributed by atoms with E-state index in [0.29, 0.717) is 31.8 Å². The Morgan fingerprint density at radius 1 is 1.42 bits per heavy atom. The van der Waals surface area contributed by atoms with Crippen LogP contribution >= 0.6 is 0 Å². The van der Waals surface area contributed by atoms with Gasteiger partial charge in [-0.2, -0.15) is 0 Å². The van der Waals surface area contributed by atoms with Crippen molar-refractivity contribution in [3.8, 4) is 0 Å². The third-order valence-corrected chi connectivity index (χ3v) is 4.51. The van der Waals surface area contributed by atoms with Crippen LogP contribution in [0.2, 0.25) is 0 Å². The lowest BCUT2D eigenvalue weighted by molar-refractivity contribution is -0.153. The van der Waals surface area contributed by atoms with Crippen LogP contribution in [0.5, 0.6) is 0 Å². The second-order valence-corrected chi connectivity index (χ2v) is 6.10. The highest BCUT2D eigenvalue weighted by Gasteiger charge is 2.44. The third kappa shape index (κ3) is 3.57. The normalized spacial score (nSPS) is 23.5. The largest absolute Gasteiger partial charge is 0.383 e. The molecule has 0 saturated carbocycles. The maximum atomic E-state index is 13.2. The van der Waals surface area contributed by atoms with E-state index in [1.165, 1.54) is 12.1 Å². The smallest absolute Gasteiger partial charge is 0.249 e. The summed E-state index contributed by atoms with van der Waals surface area (Å²) in [4.78, 5) is 28.0. The molecule has 2 aliphatic heterocycles. The van der Waals surface area contributed by atoms with E-state index >= 15 is 0 Å². The van der Waals surface area contributed by atoms with Gasteiger partial charge in [0.25, 0.3) is 0 Å². The average Bonchev–Trinajstić information content (AvgIpc) is 2.98. The molecule has 2 fully saturated rings. The lowest BCUT2D eigenvalue weighted by Crippen LogP contribution is -2.54. The highest BCUT2D eigenvalue weighted by Crippen LogP contribution is 2.24. The Morgan fingerprint density at radius 3 is 3.00 bits per heavy atom. The molecule has 0 aliphatic carbocycles. The maximum Gasteiger partial charge on any atom is 0.249 e. The van der Waals surface area contributed by atoms with E-state index in [9.17, 15) is 14.0 Å². The number of benzene rings is 1. The van der Waals surface area contributed by atoms with Gasteiger partial charge in [0.2, 0.25) is 11.8 Å². The number of morpholine rings is 1. The van der Waals surface area contributed by atoms with E-state index in [2.05, 4.69) is 0 Å². The number of nitrogens with zero attached hydrogens (tertiary/aromatic N) is 2. The number of rotatable bonds is 5. The van der Waals surface area contributed by atoms with Crippen LogP contribution in [-0.2, 0) is 25.5 Å². The summed E-state index contributed by atoms with van der Waals surface area (Å²) in [5.41, 5.74) is 0.642. The van der Waals surface area contributed by atoms with Gasteiger partial charge in [-0.1, -0.05) is 12.1 Å². The fourth-order valence-corrected chi connectivity index (χ4v) is 3.28. The first-order valence-corrected chi connectivity index (χ1v) is 8.00. The molecule has 130 valence electrons. The van der Waals surface area contributed by atoms with Crippen molar-refractivity contribution in [2.24, 2.45) is 0 Å². The summed E-state index contributed by atoms with van der Waals surface area (Å²) < 4.78 is 23.9. The van der Waals surface area contributed by atoms with Crippen molar-refractivity contribution < 1.29 is 23.5 Å². The zero-order valence-electron chi connectivity index (χ0n) is 13.6. The van der Waals surface area contributed by atoms with Crippen molar-refractivity contribution in [1.82, 2.24) is 9.80 Å². The molecule has 0 unspecified atom stereocenters. The first kappa shape index (κ1) is 16.9. The number of likely N-dealkylation sites (tertiary alicyclic amines) is 1. The Labute approximate surface area is 140 Å². The second kappa shape index (κ2) is 7.27. The number of carbonyl (C=O) groups excluding carboxylic acids is 2. The number of fused-ring (bicyclic) bond motifs is 1. The summed E-state index contributed by atoms with van der Waals surface area (Å²) in [5.74, 6) is -0.513. The van der Waals surface area contributed by atoms with Gasteiger partial charge in [0.05, 0.1) is 25.2 Å². The van der Waals surface area contributed by atoms with E-state index in [1.54, 1.807) is 29.0 Å². The van der Waals surface area contributed by atoms with Crippen LogP contribution in [0, 0.1) is 5.82 Å². The Morgan fingerprint density at radius 2 is 2.25 bits per heavy atom. The molecule has 2 amide bonds. The van der Waals surface area contributed by atoms with Gasteiger partial charge < -0.3 is 19.3 Å². The van der Waals surface area contributed by atoms with Crippen LogP contribution in [0.4, 0.5) is 4.39 Å². The van der Waals surface area contributed by atoms with Crippen LogP contribution < -0.4 is 0 Å². The molecule has 0 radical (unpaired) electrons. The van der Waals surface area contributed by atoms with Crippen LogP contribution in [0.25, 0.3) is 0 Å². The molecule has 6 nitrogen and oxygen atoms in total. The lowest BCUT2D eigenvalue weighted by atomic mass is 10.1. The zero-order chi connectivity index (χ0) is 17.1. The summed E-state index contributed by atoms with van der Waals surface area (Å²) in [7, 11) is 1.59. The first-order valence-electron chi connectivity index (χ1n) is 8.00. The van der Waals surface area contributed by atoms with E-state index in [0.717, 1.165) is 0 Å². The quantitative estimate of drug-likeness (QED) is 0.784. The molecule has 0 N–H and O–H groups in total. The van der Waals surface area contributed by atoms with Crippen molar-refractivity contribution >= 4 is 11.8 Å². The summed E-state index contributed by atoms with van der Waals surface area (Å²) in [6.45, 7) is 1.87. The minimum atomic E-state index is -0.352.